The highest BCUT2D eigenvalue weighted by atomic mass is 32.1. The third kappa shape index (κ3) is 6.53. The molecule has 0 radical (unpaired) electrons. The van der Waals surface area contributed by atoms with Crippen LogP contribution in [0.1, 0.15) is 88.8 Å². The summed E-state index contributed by atoms with van der Waals surface area (Å²) in [5.74, 6) is 2.30. The maximum absolute atomic E-state index is 5.24. The molecular formula is C35H42N4S4. The first-order chi connectivity index (χ1) is 21.1. The molecule has 226 valence electrons. The van der Waals surface area contributed by atoms with Crippen LogP contribution in [-0.2, 0) is 12.8 Å². The molecule has 0 saturated carbocycles. The van der Waals surface area contributed by atoms with E-state index in [1.165, 1.54) is 82.6 Å². The van der Waals surface area contributed by atoms with E-state index in [9.17, 15) is 0 Å². The van der Waals surface area contributed by atoms with Gasteiger partial charge in [-0.1, -0.05) is 85.1 Å². The lowest BCUT2D eigenvalue weighted by atomic mass is 9.95. The molecule has 5 aromatic heterocycles. The molecule has 0 fully saturated rings. The zero-order valence-corrected chi connectivity index (χ0v) is 29.0. The number of hydrogen-bond acceptors (Lipinski definition) is 7. The van der Waals surface area contributed by atoms with Gasteiger partial charge in [0.1, 0.15) is 16.6 Å². The van der Waals surface area contributed by atoms with Gasteiger partial charge in [-0.3, -0.25) is 4.37 Å². The largest absolute Gasteiger partial charge is 0.293 e. The summed E-state index contributed by atoms with van der Waals surface area (Å²) in [5.41, 5.74) is 6.33. The number of fused-ring (bicyclic) bond motifs is 2. The predicted octanol–water partition coefficient (Wildman–Crippen LogP) is 12.3. The van der Waals surface area contributed by atoms with E-state index >= 15 is 0 Å². The minimum absolute atomic E-state index is 0.743. The standard InChI is InChI=1S/C35H42N4S4/c1-5-9-12-22(7-3)20-24-15-17-26(41-24)29-31-32(37-35(36-31)28-14-11-19-40-28)30(34-33(29)38-43-39-34)27-18-16-25(42-27)21-23(8-4)13-10-6-2/h11,14-19,22-23,38H,5-10,12-13,20-21H2,1-4H3. The lowest BCUT2D eigenvalue weighted by Gasteiger charge is -2.13. The number of thiophene rings is 3. The molecule has 8 heteroatoms. The Morgan fingerprint density at radius 3 is 1.86 bits per heavy atom. The van der Waals surface area contributed by atoms with Gasteiger partial charge in [0.05, 0.1) is 10.4 Å². The molecule has 4 nitrogen and oxygen atoms in total. The van der Waals surface area contributed by atoms with E-state index in [2.05, 4.69) is 73.8 Å². The smallest absolute Gasteiger partial charge is 0.170 e. The van der Waals surface area contributed by atoms with Crippen LogP contribution in [0.5, 0.6) is 0 Å². The fourth-order valence-corrected chi connectivity index (χ4v) is 9.77. The topological polar surface area (TPSA) is 54.5 Å². The van der Waals surface area contributed by atoms with E-state index in [1.54, 1.807) is 11.3 Å². The maximum atomic E-state index is 5.24. The molecule has 0 aliphatic carbocycles. The maximum Gasteiger partial charge on any atom is 0.170 e. The number of aromatic amines is 1. The van der Waals surface area contributed by atoms with Crippen molar-refractivity contribution in [2.75, 3.05) is 0 Å². The highest BCUT2D eigenvalue weighted by molar-refractivity contribution is 7.16. The normalized spacial score (nSPS) is 13.4. The van der Waals surface area contributed by atoms with Gasteiger partial charge < -0.3 is 0 Å². The zero-order chi connectivity index (χ0) is 29.8. The molecule has 1 N–H and O–H groups in total. The number of nitrogens with zero attached hydrogens (tertiary/aromatic N) is 3. The number of hydrogen-bond donors (Lipinski definition) is 1. The second kappa shape index (κ2) is 14.1. The summed E-state index contributed by atoms with van der Waals surface area (Å²) < 4.78 is 8.53. The first-order valence-electron chi connectivity index (χ1n) is 16.0. The van der Waals surface area contributed by atoms with Crippen LogP contribution in [0.4, 0.5) is 0 Å². The number of H-pyrrole nitrogens is 1. The van der Waals surface area contributed by atoms with Crippen molar-refractivity contribution in [1.82, 2.24) is 18.7 Å². The van der Waals surface area contributed by atoms with Crippen LogP contribution in [0, 0.1) is 11.8 Å². The molecule has 0 bridgehead atoms. The van der Waals surface area contributed by atoms with Gasteiger partial charge in [0.15, 0.2) is 5.82 Å². The number of nitrogens with one attached hydrogen (secondary N) is 1. The van der Waals surface area contributed by atoms with Gasteiger partial charge in [-0.25, -0.2) is 9.97 Å². The van der Waals surface area contributed by atoms with Crippen LogP contribution in [-0.4, -0.2) is 18.7 Å². The molecular weight excluding hydrogens is 605 g/mol. The van der Waals surface area contributed by atoms with Gasteiger partial charge in [-0.2, -0.15) is 4.37 Å². The van der Waals surface area contributed by atoms with E-state index in [-0.39, 0.29) is 0 Å². The Labute approximate surface area is 272 Å². The van der Waals surface area contributed by atoms with Crippen LogP contribution < -0.4 is 0 Å². The van der Waals surface area contributed by atoms with Gasteiger partial charge in [0, 0.05) is 42.4 Å². The van der Waals surface area contributed by atoms with E-state index in [1.807, 2.05) is 22.7 Å². The van der Waals surface area contributed by atoms with Crippen LogP contribution >= 0.6 is 45.7 Å². The fraction of sp³-hybridized carbons (Fsp3) is 0.457. The second-order valence-corrected chi connectivity index (χ2v) is 15.6. The predicted molar refractivity (Wildman–Crippen MR) is 191 cm³/mol. The molecule has 0 spiro atoms. The Bertz CT molecular complexity index is 1640. The van der Waals surface area contributed by atoms with Gasteiger partial charge >= 0.3 is 0 Å². The lowest BCUT2D eigenvalue weighted by molar-refractivity contribution is 0.452. The second-order valence-electron chi connectivity index (χ2n) is 11.8. The van der Waals surface area contributed by atoms with Crippen molar-refractivity contribution >= 4 is 67.8 Å². The van der Waals surface area contributed by atoms with Gasteiger partial charge in [0.25, 0.3) is 0 Å². The molecule has 43 heavy (non-hydrogen) atoms. The van der Waals surface area contributed by atoms with E-state index in [0.29, 0.717) is 0 Å². The Kier molecular flexibility index (Phi) is 10.1. The summed E-state index contributed by atoms with van der Waals surface area (Å²) >= 11 is 6.96. The molecule has 0 amide bonds. The van der Waals surface area contributed by atoms with Crippen LogP contribution in [0.25, 0.3) is 53.6 Å². The molecule has 5 heterocycles. The number of rotatable bonds is 15. The molecule has 6 aromatic rings. The highest BCUT2D eigenvalue weighted by Crippen LogP contribution is 2.46. The minimum atomic E-state index is 0.743. The highest BCUT2D eigenvalue weighted by Gasteiger charge is 2.26. The van der Waals surface area contributed by atoms with Crippen LogP contribution in [0.2, 0.25) is 0 Å². The Morgan fingerprint density at radius 1 is 0.698 bits per heavy atom. The third-order valence-corrected chi connectivity index (χ3v) is 12.5. The fourth-order valence-electron chi connectivity index (χ4n) is 6.16. The van der Waals surface area contributed by atoms with Gasteiger partial charge in [0.2, 0.25) is 0 Å². The quantitative estimate of drug-likeness (QED) is 0.121. The molecule has 6 rings (SSSR count). The summed E-state index contributed by atoms with van der Waals surface area (Å²) in [7, 11) is 0. The number of aromatic nitrogens is 4. The number of unbranched alkanes of at least 4 members (excludes halogenated alkanes) is 2. The Balaban J connectivity index is 1.45. The Morgan fingerprint density at radius 2 is 1.30 bits per heavy atom. The first kappa shape index (κ1) is 30.6. The SMILES string of the molecule is CCCCC(CC)Cc1ccc(-c2c3nc(-c4cccs4)nc3c(-c3ccc(CC(CC)CCCC)s3)c3[nH]snc23)s1. The van der Waals surface area contributed by atoms with E-state index in [0.717, 1.165) is 68.6 Å². The van der Waals surface area contributed by atoms with Crippen LogP contribution in [0.3, 0.4) is 0 Å². The number of imidazole rings is 1. The van der Waals surface area contributed by atoms with Crippen molar-refractivity contribution in [3.05, 3.63) is 51.5 Å². The number of benzene rings is 1. The summed E-state index contributed by atoms with van der Waals surface area (Å²) in [6.07, 6.45) is 12.5. The van der Waals surface area contributed by atoms with E-state index < -0.39 is 0 Å². The molecule has 2 unspecified atom stereocenters. The summed E-state index contributed by atoms with van der Waals surface area (Å²) in [6, 6.07) is 13.5. The molecule has 0 aliphatic rings. The molecule has 2 atom stereocenters. The lowest BCUT2D eigenvalue weighted by Crippen LogP contribution is -2.01. The summed E-state index contributed by atoms with van der Waals surface area (Å²) in [6.45, 7) is 9.25. The van der Waals surface area contributed by atoms with E-state index in [4.69, 9.17) is 14.3 Å². The average Bonchev–Trinajstić information content (AvgIpc) is 3.86. The molecule has 0 saturated heterocycles. The third-order valence-electron chi connectivity index (χ3n) is 8.77. The van der Waals surface area contributed by atoms with Crippen LogP contribution in [0.15, 0.2) is 41.8 Å². The Hall–Kier alpha value is -2.39. The molecule has 0 aliphatic heterocycles. The average molecular weight is 647 g/mol. The monoisotopic (exact) mass is 646 g/mol. The molecule has 1 aromatic carbocycles. The first-order valence-corrected chi connectivity index (χ1v) is 19.3. The van der Waals surface area contributed by atoms with Crippen molar-refractivity contribution in [2.45, 2.75) is 91.9 Å². The van der Waals surface area contributed by atoms with Crippen molar-refractivity contribution in [3.63, 3.8) is 0 Å². The van der Waals surface area contributed by atoms with Crippen molar-refractivity contribution in [1.29, 1.82) is 0 Å². The van der Waals surface area contributed by atoms with Crippen molar-refractivity contribution in [3.8, 4) is 31.6 Å². The van der Waals surface area contributed by atoms with Gasteiger partial charge in [-0.15, -0.1) is 34.0 Å². The van der Waals surface area contributed by atoms with Crippen molar-refractivity contribution < 1.29 is 0 Å². The van der Waals surface area contributed by atoms with Gasteiger partial charge in [-0.05, 0) is 60.4 Å². The minimum Gasteiger partial charge on any atom is -0.293 e. The summed E-state index contributed by atoms with van der Waals surface area (Å²) in [4.78, 5) is 17.0. The van der Waals surface area contributed by atoms with Crippen molar-refractivity contribution in [2.24, 2.45) is 11.8 Å². The zero-order valence-electron chi connectivity index (χ0n) is 25.7. The summed E-state index contributed by atoms with van der Waals surface area (Å²) in [5, 5.41) is 2.11.